The van der Waals surface area contributed by atoms with E-state index in [2.05, 4.69) is 23.5 Å². The number of aromatic nitrogens is 2. The Morgan fingerprint density at radius 2 is 1.46 bits per heavy atom. The molecule has 7 nitrogen and oxygen atoms in total. The Labute approximate surface area is 133 Å². The molecular weight excluding hydrogens is 392 g/mol. The first-order valence-corrected chi connectivity index (χ1v) is 8.82. The van der Waals surface area contributed by atoms with Gasteiger partial charge in [0.1, 0.15) is 12.4 Å². The maximum absolute atomic E-state index is 11.4. The van der Waals surface area contributed by atoms with E-state index in [-0.39, 0.29) is 0 Å². The summed E-state index contributed by atoms with van der Waals surface area (Å²) < 4.78 is 111. The van der Waals surface area contributed by atoms with Gasteiger partial charge in [-0.05, 0) is 6.42 Å². The number of halogens is 6. The third-order valence-corrected chi connectivity index (χ3v) is 4.98. The van der Waals surface area contributed by atoms with Crippen LogP contribution in [0.2, 0.25) is 0 Å². The molecule has 0 aliphatic heterocycles. The Bertz CT molecular complexity index is 694. The highest BCUT2D eigenvalue weighted by Crippen LogP contribution is 2.36. The van der Waals surface area contributed by atoms with E-state index in [1.807, 2.05) is 12.4 Å². The smallest absolute Gasteiger partial charge is 0.421 e. The number of hydrogen-bond donors (Lipinski definition) is 1. The molecule has 0 radical (unpaired) electrons. The molecule has 0 saturated heterocycles. The normalized spacial score (nSPS) is 13.3. The van der Waals surface area contributed by atoms with Crippen molar-refractivity contribution in [1.82, 2.24) is 4.98 Å². The SMILES string of the molecule is CCCc1[nH]cc[n+]1C.O=S(=O)([N-]S(=O)(=O)C(F)(F)F)C(F)(F)F. The van der Waals surface area contributed by atoms with E-state index in [1.165, 1.54) is 12.2 Å². The van der Waals surface area contributed by atoms with Crippen LogP contribution < -0.4 is 4.57 Å². The summed E-state index contributed by atoms with van der Waals surface area (Å²) in [5, 5.41) is 0. The lowest BCUT2D eigenvalue weighted by Gasteiger charge is -2.22. The molecule has 0 fully saturated rings. The third kappa shape index (κ3) is 6.27. The van der Waals surface area contributed by atoms with Gasteiger partial charge >= 0.3 is 11.0 Å². The average Bonchev–Trinajstić information content (AvgIpc) is 2.72. The summed E-state index contributed by atoms with van der Waals surface area (Å²) in [5.41, 5.74) is -12.4. The lowest BCUT2D eigenvalue weighted by Crippen LogP contribution is -2.30. The number of hydrogen-bond acceptors (Lipinski definition) is 4. The highest BCUT2D eigenvalue weighted by molar-refractivity contribution is 8.13. The largest absolute Gasteiger partial charge is 0.480 e. The highest BCUT2D eigenvalue weighted by Gasteiger charge is 2.46. The Morgan fingerprint density at radius 3 is 1.71 bits per heavy atom. The second-order valence-corrected chi connectivity index (χ2v) is 7.61. The maximum Gasteiger partial charge on any atom is 0.480 e. The van der Waals surface area contributed by atoms with Crippen LogP contribution in [0.5, 0.6) is 0 Å². The minimum Gasteiger partial charge on any atom is -0.421 e. The van der Waals surface area contributed by atoms with Gasteiger partial charge in [-0.2, -0.15) is 26.3 Å². The summed E-state index contributed by atoms with van der Waals surface area (Å²) in [6, 6.07) is 0. The van der Waals surface area contributed by atoms with Crippen LogP contribution in [0, 0.1) is 0 Å². The molecule has 0 aliphatic carbocycles. The van der Waals surface area contributed by atoms with Gasteiger partial charge in [0.25, 0.3) is 5.82 Å². The number of rotatable bonds is 4. The zero-order chi connectivity index (χ0) is 19.4. The standard InChI is InChI=1S/C7H12N2.C2F6NO4S2/c1-3-4-7-8-5-6-9(7)2;3-1(4,5)14(10,11)9-15(12,13)2(6,7)8/h5-6H,3-4H2,1-2H3;/q;-1/p+1. The average molecular weight is 405 g/mol. The van der Waals surface area contributed by atoms with Gasteiger partial charge in [-0.15, -0.1) is 0 Å². The molecule has 0 unspecified atom stereocenters. The molecule has 0 spiro atoms. The van der Waals surface area contributed by atoms with Gasteiger partial charge in [0, 0.05) is 6.42 Å². The minimum absolute atomic E-state index is 0.778. The predicted molar refractivity (Wildman–Crippen MR) is 69.3 cm³/mol. The fourth-order valence-corrected chi connectivity index (χ4v) is 2.85. The van der Waals surface area contributed by atoms with Crippen LogP contribution in [-0.4, -0.2) is 32.8 Å². The number of nitrogens with zero attached hydrogens (tertiary/aromatic N) is 2. The first-order valence-electron chi connectivity index (χ1n) is 5.94. The van der Waals surface area contributed by atoms with Crippen LogP contribution in [0.4, 0.5) is 26.3 Å². The number of aromatic amines is 1. The first kappa shape index (κ1) is 22.6. The molecule has 15 heteroatoms. The minimum atomic E-state index is -6.72. The third-order valence-electron chi connectivity index (χ3n) is 2.24. The monoisotopic (exact) mass is 405 g/mol. The number of H-pyrrole nitrogens is 1. The van der Waals surface area contributed by atoms with Crippen molar-refractivity contribution in [1.29, 1.82) is 0 Å². The van der Waals surface area contributed by atoms with E-state index < -0.39 is 31.1 Å². The number of alkyl halides is 6. The summed E-state index contributed by atoms with van der Waals surface area (Å²) in [6.45, 7) is 2.18. The summed E-state index contributed by atoms with van der Waals surface area (Å²) in [6.07, 6.45) is 6.34. The van der Waals surface area contributed by atoms with Crippen LogP contribution in [0.3, 0.4) is 0 Å². The lowest BCUT2D eigenvalue weighted by molar-refractivity contribution is -0.677. The molecule has 0 amide bonds. The van der Waals surface area contributed by atoms with Crippen LogP contribution >= 0.6 is 0 Å². The number of nitrogens with one attached hydrogen (secondary N) is 1. The quantitative estimate of drug-likeness (QED) is 0.610. The predicted octanol–water partition coefficient (Wildman–Crippen LogP) is 1.85. The van der Waals surface area contributed by atoms with E-state index in [9.17, 15) is 43.2 Å². The Balaban J connectivity index is 0.000000496. The van der Waals surface area contributed by atoms with Gasteiger partial charge in [-0.3, -0.25) is 0 Å². The topological polar surface area (TPSA) is 102 Å². The first-order chi connectivity index (χ1) is 10.5. The van der Waals surface area contributed by atoms with Crippen molar-refractivity contribution in [2.45, 2.75) is 30.8 Å². The fourth-order valence-electron chi connectivity index (χ4n) is 1.14. The Morgan fingerprint density at radius 1 is 1.04 bits per heavy atom. The summed E-state index contributed by atoms with van der Waals surface area (Å²) in [5.74, 6) is 1.30. The molecule has 0 aromatic carbocycles. The van der Waals surface area contributed by atoms with Crippen molar-refractivity contribution >= 4 is 20.0 Å². The molecule has 1 aromatic heterocycles. The van der Waals surface area contributed by atoms with Crippen molar-refractivity contribution in [3.8, 4) is 0 Å². The number of sulfonamides is 2. The molecule has 1 N–H and O–H groups in total. The maximum atomic E-state index is 11.4. The van der Waals surface area contributed by atoms with Crippen LogP contribution in [0.1, 0.15) is 19.2 Å². The zero-order valence-electron chi connectivity index (χ0n) is 12.2. The Kier molecular flexibility index (Phi) is 7.26. The lowest BCUT2D eigenvalue weighted by atomic mass is 10.3. The molecule has 0 atom stereocenters. The van der Waals surface area contributed by atoms with E-state index in [1.54, 1.807) is 0 Å². The van der Waals surface area contributed by atoms with Gasteiger partial charge in [0.05, 0.1) is 7.05 Å². The van der Waals surface area contributed by atoms with Gasteiger partial charge in [0.2, 0.25) is 0 Å². The number of imidazole rings is 1. The van der Waals surface area contributed by atoms with Crippen LogP contribution in [0.25, 0.3) is 4.13 Å². The van der Waals surface area contributed by atoms with E-state index >= 15 is 0 Å². The second-order valence-electron chi connectivity index (χ2n) is 4.18. The van der Waals surface area contributed by atoms with Gasteiger partial charge < -0.3 is 4.13 Å². The molecule has 1 heterocycles. The van der Waals surface area contributed by atoms with E-state index in [0.29, 0.717) is 0 Å². The van der Waals surface area contributed by atoms with Crippen molar-refractivity contribution < 1.29 is 47.7 Å². The number of aryl methyl sites for hydroxylation is 2. The molecule has 0 bridgehead atoms. The fraction of sp³-hybridized carbons (Fsp3) is 0.667. The zero-order valence-corrected chi connectivity index (χ0v) is 13.8. The van der Waals surface area contributed by atoms with Gasteiger partial charge in [-0.25, -0.2) is 26.4 Å². The summed E-state index contributed by atoms with van der Waals surface area (Å²) in [4.78, 5) is 3.17. The molecule has 24 heavy (non-hydrogen) atoms. The van der Waals surface area contributed by atoms with E-state index in [0.717, 1.165) is 10.5 Å². The summed E-state index contributed by atoms with van der Waals surface area (Å²) in [7, 11) is -11.4. The van der Waals surface area contributed by atoms with Gasteiger partial charge in [-0.1, -0.05) is 6.92 Å². The summed E-state index contributed by atoms with van der Waals surface area (Å²) >= 11 is 0. The van der Waals surface area contributed by atoms with Crippen molar-refractivity contribution in [2.75, 3.05) is 0 Å². The second kappa shape index (κ2) is 7.69. The van der Waals surface area contributed by atoms with Crippen LogP contribution in [0.15, 0.2) is 12.4 Å². The van der Waals surface area contributed by atoms with Gasteiger partial charge in [0.15, 0.2) is 20.0 Å². The van der Waals surface area contributed by atoms with Crippen molar-refractivity contribution in [3.63, 3.8) is 0 Å². The van der Waals surface area contributed by atoms with Crippen molar-refractivity contribution in [3.05, 3.63) is 22.3 Å². The molecule has 0 saturated carbocycles. The molecule has 1 rings (SSSR count). The molecule has 1 aromatic rings. The molecule has 0 aliphatic rings. The Hall–Kier alpha value is -1.35. The van der Waals surface area contributed by atoms with E-state index in [4.69, 9.17) is 0 Å². The van der Waals surface area contributed by atoms with Crippen molar-refractivity contribution in [2.24, 2.45) is 7.05 Å². The van der Waals surface area contributed by atoms with Crippen LogP contribution in [-0.2, 0) is 33.5 Å². The molecule has 142 valence electrons. The highest BCUT2D eigenvalue weighted by atomic mass is 32.3. The molecular formula is C9H13F6N3O4S2.